The summed E-state index contributed by atoms with van der Waals surface area (Å²) < 4.78 is 5.29. The van der Waals surface area contributed by atoms with Crippen LogP contribution >= 0.6 is 11.6 Å². The van der Waals surface area contributed by atoms with Gasteiger partial charge >= 0.3 is 0 Å². The van der Waals surface area contributed by atoms with Crippen LogP contribution in [0.1, 0.15) is 19.8 Å². The van der Waals surface area contributed by atoms with Crippen molar-refractivity contribution in [1.82, 2.24) is 4.90 Å². The highest BCUT2D eigenvalue weighted by Gasteiger charge is 2.30. The Balaban J connectivity index is 1.52. The predicted octanol–water partition coefficient (Wildman–Crippen LogP) is 4.03. The molecule has 1 aliphatic rings. The van der Waals surface area contributed by atoms with E-state index in [2.05, 4.69) is 15.5 Å². The van der Waals surface area contributed by atoms with Crippen molar-refractivity contribution in [3.63, 3.8) is 0 Å². The summed E-state index contributed by atoms with van der Waals surface area (Å²) in [4.78, 5) is 27.3. The number of para-hydroxylation sites is 3. The maximum Gasteiger partial charge on any atom is 0.241 e. The number of methoxy groups -OCH3 is 1. The summed E-state index contributed by atoms with van der Waals surface area (Å²) in [5, 5.41) is 6.36. The lowest BCUT2D eigenvalue weighted by atomic mass is 9.94. The molecule has 1 fully saturated rings. The number of nitrogens with one attached hydrogen (secondary N) is 2. The summed E-state index contributed by atoms with van der Waals surface area (Å²) in [6, 6.07) is 14.2. The molecule has 7 heteroatoms. The van der Waals surface area contributed by atoms with E-state index in [1.54, 1.807) is 19.2 Å². The molecule has 0 bridgehead atoms. The fourth-order valence-electron chi connectivity index (χ4n) is 3.50. The molecule has 2 amide bonds. The largest absolute Gasteiger partial charge is 0.495 e. The second-order valence-corrected chi connectivity index (χ2v) is 7.55. The molecule has 1 atom stereocenters. The summed E-state index contributed by atoms with van der Waals surface area (Å²) >= 11 is 6.12. The van der Waals surface area contributed by atoms with Crippen LogP contribution in [0.3, 0.4) is 0 Å². The van der Waals surface area contributed by atoms with E-state index >= 15 is 0 Å². The van der Waals surface area contributed by atoms with E-state index < -0.39 is 0 Å². The van der Waals surface area contributed by atoms with Crippen molar-refractivity contribution >= 4 is 34.8 Å². The first-order valence-electron chi connectivity index (χ1n) is 9.73. The highest BCUT2D eigenvalue weighted by Crippen LogP contribution is 2.27. The van der Waals surface area contributed by atoms with Crippen molar-refractivity contribution in [2.24, 2.45) is 5.92 Å². The number of piperidine rings is 1. The number of carbonyl (C=O) groups excluding carboxylic acids is 2. The quantitative estimate of drug-likeness (QED) is 0.747. The van der Waals surface area contributed by atoms with Crippen molar-refractivity contribution in [2.45, 2.75) is 25.8 Å². The first kappa shape index (κ1) is 21.1. The number of rotatable bonds is 6. The van der Waals surface area contributed by atoms with Gasteiger partial charge in [-0.3, -0.25) is 14.5 Å². The zero-order chi connectivity index (χ0) is 20.8. The van der Waals surface area contributed by atoms with Crippen molar-refractivity contribution in [1.29, 1.82) is 0 Å². The average molecular weight is 416 g/mol. The molecule has 6 nitrogen and oxygen atoms in total. The monoisotopic (exact) mass is 415 g/mol. The maximum atomic E-state index is 12.6. The lowest BCUT2D eigenvalue weighted by Gasteiger charge is -2.34. The van der Waals surface area contributed by atoms with Gasteiger partial charge in [0.15, 0.2) is 0 Å². The number of benzene rings is 2. The lowest BCUT2D eigenvalue weighted by molar-refractivity contribution is -0.123. The van der Waals surface area contributed by atoms with Gasteiger partial charge in [0, 0.05) is 5.92 Å². The van der Waals surface area contributed by atoms with Gasteiger partial charge in [0.2, 0.25) is 11.8 Å². The minimum absolute atomic E-state index is 0.0117. The summed E-state index contributed by atoms with van der Waals surface area (Å²) in [6.45, 7) is 3.24. The van der Waals surface area contributed by atoms with E-state index in [4.69, 9.17) is 16.3 Å². The van der Waals surface area contributed by atoms with Crippen LogP contribution < -0.4 is 15.4 Å². The number of amides is 2. The second-order valence-electron chi connectivity index (χ2n) is 7.14. The van der Waals surface area contributed by atoms with Crippen molar-refractivity contribution in [3.8, 4) is 5.75 Å². The van der Waals surface area contributed by atoms with Gasteiger partial charge in [-0.2, -0.15) is 0 Å². The standard InChI is InChI=1S/C22H26ClN3O3/c1-15(21(27)24-18-8-4-3-7-17(18)23)26-13-11-16(12-14-26)22(28)25-19-9-5-6-10-20(19)29-2/h3-10,15-16H,11-14H2,1-2H3,(H,24,27)(H,25,28). The normalized spacial score (nSPS) is 16.1. The molecule has 1 unspecified atom stereocenters. The Morgan fingerprint density at radius 2 is 1.66 bits per heavy atom. The molecule has 0 saturated carbocycles. The number of anilines is 2. The number of hydrogen-bond acceptors (Lipinski definition) is 4. The summed E-state index contributed by atoms with van der Waals surface area (Å²) in [5.74, 6) is 0.440. The van der Waals surface area contributed by atoms with Gasteiger partial charge in [-0.15, -0.1) is 0 Å². The van der Waals surface area contributed by atoms with Crippen molar-refractivity contribution < 1.29 is 14.3 Å². The molecule has 0 spiro atoms. The Labute approximate surface area is 176 Å². The van der Waals surface area contributed by atoms with Crippen molar-refractivity contribution in [2.75, 3.05) is 30.8 Å². The minimum atomic E-state index is -0.301. The van der Waals surface area contributed by atoms with Gasteiger partial charge in [-0.05, 0) is 57.1 Å². The topological polar surface area (TPSA) is 70.7 Å². The van der Waals surface area contributed by atoms with Gasteiger partial charge in [0.05, 0.1) is 29.5 Å². The first-order chi connectivity index (χ1) is 14.0. The summed E-state index contributed by atoms with van der Waals surface area (Å²) in [5.41, 5.74) is 1.28. The van der Waals surface area contributed by atoms with Crippen LogP contribution in [0, 0.1) is 5.92 Å². The van der Waals surface area contributed by atoms with E-state index in [9.17, 15) is 9.59 Å². The zero-order valence-electron chi connectivity index (χ0n) is 16.7. The van der Waals surface area contributed by atoms with Crippen LogP contribution in [0.25, 0.3) is 0 Å². The Kier molecular flexibility index (Phi) is 7.12. The average Bonchev–Trinajstić information content (AvgIpc) is 2.75. The van der Waals surface area contributed by atoms with E-state index in [0.717, 1.165) is 0 Å². The summed E-state index contributed by atoms with van der Waals surface area (Å²) in [7, 11) is 1.58. The molecule has 0 aromatic heterocycles. The molecule has 154 valence electrons. The third-order valence-electron chi connectivity index (χ3n) is 5.32. The molecule has 2 N–H and O–H groups in total. The number of halogens is 1. The van der Waals surface area contributed by atoms with Crippen molar-refractivity contribution in [3.05, 3.63) is 53.6 Å². The molecular formula is C22H26ClN3O3. The molecule has 0 radical (unpaired) electrons. The third kappa shape index (κ3) is 5.28. The van der Waals surface area contributed by atoms with Gasteiger partial charge in [-0.1, -0.05) is 35.9 Å². The Hall–Kier alpha value is -2.57. The Morgan fingerprint density at radius 3 is 2.31 bits per heavy atom. The first-order valence-corrected chi connectivity index (χ1v) is 10.1. The highest BCUT2D eigenvalue weighted by atomic mass is 35.5. The van der Waals surface area contributed by atoms with E-state index in [-0.39, 0.29) is 23.8 Å². The molecule has 3 rings (SSSR count). The Morgan fingerprint density at radius 1 is 1.03 bits per heavy atom. The molecule has 2 aromatic rings. The molecule has 1 aliphatic heterocycles. The smallest absolute Gasteiger partial charge is 0.241 e. The molecule has 0 aliphatic carbocycles. The number of ether oxygens (including phenoxy) is 1. The fourth-order valence-corrected chi connectivity index (χ4v) is 3.68. The van der Waals surface area contributed by atoms with E-state index in [0.29, 0.717) is 48.1 Å². The lowest BCUT2D eigenvalue weighted by Crippen LogP contribution is -2.47. The van der Waals surface area contributed by atoms with Crippen LogP contribution in [0.2, 0.25) is 5.02 Å². The van der Waals surface area contributed by atoms with Crippen LogP contribution in [-0.2, 0) is 9.59 Å². The van der Waals surface area contributed by atoms with Crippen LogP contribution in [0.15, 0.2) is 48.5 Å². The SMILES string of the molecule is COc1ccccc1NC(=O)C1CCN(C(C)C(=O)Nc2ccccc2Cl)CC1. The van der Waals surface area contributed by atoms with E-state index in [1.807, 2.05) is 43.3 Å². The van der Waals surface area contributed by atoms with Gasteiger partial charge in [-0.25, -0.2) is 0 Å². The number of likely N-dealkylation sites (tertiary alicyclic amines) is 1. The molecule has 29 heavy (non-hydrogen) atoms. The second kappa shape index (κ2) is 9.76. The number of carbonyl (C=O) groups is 2. The molecular weight excluding hydrogens is 390 g/mol. The van der Waals surface area contributed by atoms with E-state index in [1.165, 1.54) is 0 Å². The molecule has 1 saturated heterocycles. The van der Waals surface area contributed by atoms with Crippen LogP contribution in [0.4, 0.5) is 11.4 Å². The van der Waals surface area contributed by atoms with Crippen LogP contribution in [-0.4, -0.2) is 43.0 Å². The maximum absolute atomic E-state index is 12.6. The predicted molar refractivity (Wildman–Crippen MR) is 115 cm³/mol. The third-order valence-corrected chi connectivity index (χ3v) is 5.65. The van der Waals surface area contributed by atoms with Gasteiger partial charge < -0.3 is 15.4 Å². The van der Waals surface area contributed by atoms with Gasteiger partial charge in [0.1, 0.15) is 5.75 Å². The molecule has 2 aromatic carbocycles. The molecule has 1 heterocycles. The van der Waals surface area contributed by atoms with Gasteiger partial charge in [0.25, 0.3) is 0 Å². The van der Waals surface area contributed by atoms with Crippen LogP contribution in [0.5, 0.6) is 5.75 Å². The zero-order valence-corrected chi connectivity index (χ0v) is 17.4. The Bertz CT molecular complexity index is 866. The number of hydrogen-bond donors (Lipinski definition) is 2. The minimum Gasteiger partial charge on any atom is -0.495 e. The highest BCUT2D eigenvalue weighted by molar-refractivity contribution is 6.33. The number of nitrogens with zero attached hydrogens (tertiary/aromatic N) is 1. The summed E-state index contributed by atoms with van der Waals surface area (Å²) in [6.07, 6.45) is 1.40. The fraction of sp³-hybridized carbons (Fsp3) is 0.364.